The number of carbonyl (C=O) groups excluding carboxylic acids is 6. The summed E-state index contributed by atoms with van der Waals surface area (Å²) in [5.74, 6) is -4.69. The van der Waals surface area contributed by atoms with Gasteiger partial charge in [-0.15, -0.1) is 0 Å². The second-order valence-electron chi connectivity index (χ2n) is 15.7. The van der Waals surface area contributed by atoms with Gasteiger partial charge in [0.05, 0.1) is 6.54 Å². The van der Waals surface area contributed by atoms with Crippen molar-refractivity contribution >= 4 is 41.5 Å². The van der Waals surface area contributed by atoms with Crippen LogP contribution in [0, 0.1) is 5.92 Å². The molecule has 7 amide bonds. The van der Waals surface area contributed by atoms with Gasteiger partial charge in [-0.05, 0) is 91.8 Å². The average molecular weight is 858 g/mol. The number of phenolic OH excluding ortho intramolecular Hbond substituents is 2. The van der Waals surface area contributed by atoms with Gasteiger partial charge in [0, 0.05) is 20.0 Å². The van der Waals surface area contributed by atoms with Crippen LogP contribution in [0.1, 0.15) is 69.1 Å². The molecule has 62 heavy (non-hydrogen) atoms. The molecule has 334 valence electrons. The van der Waals surface area contributed by atoms with Crippen molar-refractivity contribution in [3.63, 3.8) is 0 Å². The van der Waals surface area contributed by atoms with E-state index in [0.29, 0.717) is 37.7 Å². The fourth-order valence-electron chi connectivity index (χ4n) is 6.98. The van der Waals surface area contributed by atoms with E-state index in [1.54, 1.807) is 61.5 Å². The zero-order chi connectivity index (χ0) is 45.2. The number of hydrogen-bond acceptors (Lipinski definition) is 9. The number of rotatable bonds is 13. The lowest BCUT2D eigenvalue weighted by Gasteiger charge is -2.30. The normalized spacial score (nSPS) is 20.8. The quantitative estimate of drug-likeness (QED) is 0.121. The van der Waals surface area contributed by atoms with Crippen LogP contribution < -0.4 is 31.9 Å². The summed E-state index contributed by atoms with van der Waals surface area (Å²) in [6, 6.07) is 14.7. The number of urea groups is 1. The van der Waals surface area contributed by atoms with Crippen LogP contribution in [0.2, 0.25) is 0 Å². The number of amides is 7. The number of benzene rings is 3. The van der Waals surface area contributed by atoms with E-state index in [1.165, 1.54) is 31.3 Å². The molecule has 17 nitrogen and oxygen atoms in total. The SMILES string of the molecule is CC[C@@H](C)[C@@H]1NC(=O)[C@H](NC(=O)N[C@@H](Cc2ccccc2)C(=O)O)CCCCNC(=O)[C@H](CCc2ccc(O)cc2)NC(=O)CN(C)C(=O)[C@H](CCc2ccc(O)cc2)NC1=O. The fraction of sp³-hybridized carbons (Fsp3) is 0.444. The number of nitrogens with zero attached hydrogens (tertiary/aromatic N) is 1. The van der Waals surface area contributed by atoms with Crippen molar-refractivity contribution in [3.8, 4) is 11.5 Å². The summed E-state index contributed by atoms with van der Waals surface area (Å²) in [6.07, 6.45) is 2.04. The number of carbonyl (C=O) groups is 7. The highest BCUT2D eigenvalue weighted by Gasteiger charge is 2.34. The molecule has 6 atom stereocenters. The van der Waals surface area contributed by atoms with Gasteiger partial charge in [-0.3, -0.25) is 24.0 Å². The minimum atomic E-state index is -1.32. The van der Waals surface area contributed by atoms with Crippen molar-refractivity contribution in [1.82, 2.24) is 36.8 Å². The second-order valence-corrected chi connectivity index (χ2v) is 15.7. The van der Waals surface area contributed by atoms with E-state index in [9.17, 15) is 48.9 Å². The van der Waals surface area contributed by atoms with Crippen LogP contribution in [0.5, 0.6) is 11.5 Å². The van der Waals surface area contributed by atoms with Gasteiger partial charge in [0.25, 0.3) is 0 Å². The first kappa shape index (κ1) is 48.0. The minimum Gasteiger partial charge on any atom is -0.508 e. The van der Waals surface area contributed by atoms with Gasteiger partial charge >= 0.3 is 12.0 Å². The molecule has 17 heteroatoms. The van der Waals surface area contributed by atoms with E-state index < -0.39 is 84.2 Å². The third-order valence-corrected chi connectivity index (χ3v) is 10.9. The molecule has 1 saturated heterocycles. The minimum absolute atomic E-state index is 0.0192. The van der Waals surface area contributed by atoms with Crippen LogP contribution in [-0.4, -0.2) is 112 Å². The Morgan fingerprint density at radius 1 is 0.758 bits per heavy atom. The highest BCUT2D eigenvalue weighted by atomic mass is 16.4. The Balaban J connectivity index is 1.62. The lowest BCUT2D eigenvalue weighted by atomic mass is 9.96. The number of aliphatic carboxylic acids is 1. The van der Waals surface area contributed by atoms with Crippen LogP contribution in [0.25, 0.3) is 0 Å². The number of nitrogens with one attached hydrogen (secondary N) is 6. The van der Waals surface area contributed by atoms with Crippen molar-refractivity contribution in [3.05, 3.63) is 95.6 Å². The highest BCUT2D eigenvalue weighted by Crippen LogP contribution is 2.16. The van der Waals surface area contributed by atoms with Crippen LogP contribution in [0.15, 0.2) is 78.9 Å². The molecule has 1 fully saturated rings. The Morgan fingerprint density at radius 2 is 1.35 bits per heavy atom. The van der Waals surface area contributed by atoms with Gasteiger partial charge in [-0.25, -0.2) is 9.59 Å². The zero-order valence-corrected chi connectivity index (χ0v) is 35.4. The Hall–Kier alpha value is -6.65. The molecule has 0 radical (unpaired) electrons. The van der Waals surface area contributed by atoms with Crippen LogP contribution in [-0.2, 0) is 48.0 Å². The molecule has 0 bridgehead atoms. The summed E-state index contributed by atoms with van der Waals surface area (Å²) in [7, 11) is 1.40. The first-order valence-electron chi connectivity index (χ1n) is 21.0. The molecule has 0 spiro atoms. The number of likely N-dealkylation sites (N-methyl/N-ethyl adjacent to an activating group) is 1. The number of carboxylic acids is 1. The lowest BCUT2D eigenvalue weighted by molar-refractivity contribution is -0.140. The lowest BCUT2D eigenvalue weighted by Crippen LogP contribution is -2.60. The van der Waals surface area contributed by atoms with Gasteiger partial charge in [0.1, 0.15) is 41.7 Å². The number of carboxylic acid groups (broad SMARTS) is 1. The monoisotopic (exact) mass is 857 g/mol. The number of phenols is 2. The molecule has 4 rings (SSSR count). The zero-order valence-electron chi connectivity index (χ0n) is 35.4. The molecule has 0 aliphatic carbocycles. The first-order chi connectivity index (χ1) is 29.6. The molecule has 0 saturated carbocycles. The summed E-state index contributed by atoms with van der Waals surface area (Å²) in [6.45, 7) is 3.28. The van der Waals surface area contributed by atoms with E-state index in [-0.39, 0.29) is 43.7 Å². The van der Waals surface area contributed by atoms with Gasteiger partial charge in [-0.1, -0.05) is 74.9 Å². The summed E-state index contributed by atoms with van der Waals surface area (Å²) >= 11 is 0. The maximum absolute atomic E-state index is 14.2. The molecule has 1 aliphatic rings. The largest absolute Gasteiger partial charge is 0.508 e. The summed E-state index contributed by atoms with van der Waals surface area (Å²) in [5.41, 5.74) is 2.24. The van der Waals surface area contributed by atoms with E-state index in [4.69, 9.17) is 0 Å². The van der Waals surface area contributed by atoms with Gasteiger partial charge in [-0.2, -0.15) is 0 Å². The Morgan fingerprint density at radius 3 is 1.94 bits per heavy atom. The predicted molar refractivity (Wildman–Crippen MR) is 230 cm³/mol. The first-order valence-corrected chi connectivity index (χ1v) is 21.0. The van der Waals surface area contributed by atoms with Crippen LogP contribution in [0.3, 0.4) is 0 Å². The summed E-state index contributed by atoms with van der Waals surface area (Å²) < 4.78 is 0. The predicted octanol–water partition coefficient (Wildman–Crippen LogP) is 2.29. The van der Waals surface area contributed by atoms with Gasteiger partial charge in [0.15, 0.2) is 0 Å². The molecule has 1 heterocycles. The molecule has 0 aromatic heterocycles. The number of aryl methyl sites for hydroxylation is 2. The molecule has 9 N–H and O–H groups in total. The summed E-state index contributed by atoms with van der Waals surface area (Å²) in [4.78, 5) is 96.0. The summed E-state index contributed by atoms with van der Waals surface area (Å²) in [5, 5.41) is 45.6. The molecule has 3 aromatic rings. The van der Waals surface area contributed by atoms with Gasteiger partial charge < -0.3 is 52.1 Å². The molecular formula is C45H59N7O10. The molecule has 1 aliphatic heterocycles. The van der Waals surface area contributed by atoms with Crippen LogP contribution >= 0.6 is 0 Å². The van der Waals surface area contributed by atoms with Crippen molar-refractivity contribution in [2.75, 3.05) is 20.1 Å². The number of hydrogen-bond donors (Lipinski definition) is 9. The van der Waals surface area contributed by atoms with Crippen LogP contribution in [0.4, 0.5) is 4.79 Å². The average Bonchev–Trinajstić information content (AvgIpc) is 3.25. The fourth-order valence-corrected chi connectivity index (χ4v) is 6.98. The molecule has 0 unspecified atom stereocenters. The van der Waals surface area contributed by atoms with E-state index in [1.807, 2.05) is 6.92 Å². The standard InChI is InChI=1S/C45H59N7O10/c1-4-28(2)39-42(58)48-36(24-18-30-15-21-33(54)22-16-30)43(59)52(3)27-38(55)47-35(23-17-29-13-19-32(53)20-14-29)40(56)46-25-9-8-12-34(41(57)51-39)49-45(62)50-37(44(60)61)26-31-10-6-5-7-11-31/h5-7,10-11,13-16,19-22,28,34-37,39,53-54H,4,8-9,12,17-18,23-27H2,1-3H3,(H,46,56)(H,47,55)(H,48,58)(H,51,57)(H,60,61)(H2,49,50,62)/t28-,34-,35+,36+,37+,39+/m1/s1. The van der Waals surface area contributed by atoms with Crippen molar-refractivity contribution < 1.29 is 48.9 Å². The Labute approximate surface area is 361 Å². The maximum atomic E-state index is 14.2. The Bertz CT molecular complexity index is 1980. The van der Waals surface area contributed by atoms with Crippen molar-refractivity contribution in [1.29, 1.82) is 0 Å². The number of aromatic hydroxyl groups is 2. The molecule has 3 aromatic carbocycles. The van der Waals surface area contributed by atoms with Crippen molar-refractivity contribution in [2.45, 2.75) is 102 Å². The third-order valence-electron chi connectivity index (χ3n) is 10.9. The van der Waals surface area contributed by atoms with E-state index in [0.717, 1.165) is 16.0 Å². The Kier molecular flexibility index (Phi) is 18.6. The van der Waals surface area contributed by atoms with E-state index in [2.05, 4.69) is 31.9 Å². The topological polar surface area (TPSA) is 256 Å². The maximum Gasteiger partial charge on any atom is 0.326 e. The highest BCUT2D eigenvalue weighted by molar-refractivity contribution is 5.96. The molecular weight excluding hydrogens is 799 g/mol. The van der Waals surface area contributed by atoms with Crippen molar-refractivity contribution in [2.24, 2.45) is 5.92 Å². The third kappa shape index (κ3) is 15.4. The van der Waals surface area contributed by atoms with E-state index >= 15 is 0 Å². The second kappa shape index (κ2) is 24.0. The van der Waals surface area contributed by atoms with Gasteiger partial charge in [0.2, 0.25) is 29.5 Å². The smallest absolute Gasteiger partial charge is 0.326 e.